The Hall–Kier alpha value is -4.25. The Labute approximate surface area is 179 Å². The van der Waals surface area contributed by atoms with Crippen LogP contribution in [0, 0.1) is 0 Å². The first-order chi connectivity index (χ1) is 15.0. The SMILES string of the molecule is C=C(C(=O)c1ccc(C(=O)O)cc1)c1cc(-c2cnc3ccccc3c2)ccc1OC. The Balaban J connectivity index is 1.71. The molecular formula is C26H19NO4. The predicted molar refractivity (Wildman–Crippen MR) is 120 cm³/mol. The standard InChI is InChI=1S/C26H19NO4/c1-16(25(28)17-7-9-18(10-8-17)26(29)30)22-14-19(11-12-24(22)31-2)21-13-20-5-3-4-6-23(20)27-15-21/h3-15H,1H2,2H3,(H,29,30). The molecule has 31 heavy (non-hydrogen) atoms. The number of rotatable bonds is 6. The number of methoxy groups -OCH3 is 1. The Kier molecular flexibility index (Phi) is 5.33. The van der Waals surface area contributed by atoms with Gasteiger partial charge in [0.1, 0.15) is 5.75 Å². The molecule has 1 aromatic heterocycles. The van der Waals surface area contributed by atoms with Gasteiger partial charge in [-0.25, -0.2) is 4.79 Å². The van der Waals surface area contributed by atoms with Crippen LogP contribution in [0.25, 0.3) is 27.6 Å². The van der Waals surface area contributed by atoms with E-state index in [1.807, 2.05) is 42.5 Å². The summed E-state index contributed by atoms with van der Waals surface area (Å²) in [5, 5.41) is 10.1. The molecular weight excluding hydrogens is 390 g/mol. The number of para-hydroxylation sites is 1. The van der Waals surface area contributed by atoms with Gasteiger partial charge in [-0.05, 0) is 42.0 Å². The van der Waals surface area contributed by atoms with Crippen molar-refractivity contribution < 1.29 is 19.4 Å². The Morgan fingerprint density at radius 3 is 2.32 bits per heavy atom. The minimum atomic E-state index is -1.05. The van der Waals surface area contributed by atoms with Gasteiger partial charge >= 0.3 is 5.97 Å². The molecule has 1 heterocycles. The van der Waals surface area contributed by atoms with E-state index in [1.54, 1.807) is 12.3 Å². The van der Waals surface area contributed by atoms with Crippen LogP contribution in [-0.2, 0) is 0 Å². The number of carbonyl (C=O) groups is 2. The summed E-state index contributed by atoms with van der Waals surface area (Å²) < 4.78 is 5.46. The number of aromatic nitrogens is 1. The maximum Gasteiger partial charge on any atom is 0.335 e. The predicted octanol–water partition coefficient (Wildman–Crippen LogP) is 5.50. The quantitative estimate of drug-likeness (QED) is 0.336. The molecule has 0 fully saturated rings. The zero-order chi connectivity index (χ0) is 22.0. The topological polar surface area (TPSA) is 76.5 Å². The van der Waals surface area contributed by atoms with Crippen molar-refractivity contribution in [1.29, 1.82) is 0 Å². The van der Waals surface area contributed by atoms with Crippen molar-refractivity contribution in [2.75, 3.05) is 7.11 Å². The summed E-state index contributed by atoms with van der Waals surface area (Å²) in [7, 11) is 1.54. The molecule has 0 spiro atoms. The number of carboxylic acids is 1. The van der Waals surface area contributed by atoms with Crippen molar-refractivity contribution in [3.63, 3.8) is 0 Å². The van der Waals surface area contributed by atoms with E-state index in [0.717, 1.165) is 22.0 Å². The summed E-state index contributed by atoms with van der Waals surface area (Å²) in [6.07, 6.45) is 1.79. The molecule has 3 aromatic carbocycles. The second kappa shape index (κ2) is 8.24. The van der Waals surface area contributed by atoms with Crippen molar-refractivity contribution >= 4 is 28.2 Å². The fraction of sp³-hybridized carbons (Fsp3) is 0.0385. The lowest BCUT2D eigenvalue weighted by atomic mass is 9.94. The molecule has 5 nitrogen and oxygen atoms in total. The van der Waals surface area contributed by atoms with Gasteiger partial charge in [-0.2, -0.15) is 0 Å². The average molecular weight is 409 g/mol. The van der Waals surface area contributed by atoms with Crippen LogP contribution in [0.4, 0.5) is 0 Å². The van der Waals surface area contributed by atoms with Gasteiger partial charge in [0.25, 0.3) is 0 Å². The van der Waals surface area contributed by atoms with E-state index in [9.17, 15) is 9.59 Å². The number of Topliss-reactive ketones (excluding diaryl/α,β-unsaturated/α-hetero) is 1. The minimum absolute atomic E-state index is 0.116. The highest BCUT2D eigenvalue weighted by atomic mass is 16.5. The summed E-state index contributed by atoms with van der Waals surface area (Å²) in [4.78, 5) is 28.6. The monoisotopic (exact) mass is 409 g/mol. The zero-order valence-corrected chi connectivity index (χ0v) is 16.8. The number of allylic oxidation sites excluding steroid dienone is 1. The fourth-order valence-corrected chi connectivity index (χ4v) is 3.41. The van der Waals surface area contributed by atoms with Gasteiger partial charge < -0.3 is 9.84 Å². The summed E-state index contributed by atoms with van der Waals surface area (Å²) in [5.41, 5.74) is 4.00. The normalized spacial score (nSPS) is 10.6. The number of carbonyl (C=O) groups excluding carboxylic acids is 1. The van der Waals surface area contributed by atoms with Crippen LogP contribution in [0.2, 0.25) is 0 Å². The van der Waals surface area contributed by atoms with Gasteiger partial charge in [0.15, 0.2) is 5.78 Å². The van der Waals surface area contributed by atoms with Gasteiger partial charge in [-0.15, -0.1) is 0 Å². The average Bonchev–Trinajstić information content (AvgIpc) is 2.82. The molecule has 0 bridgehead atoms. The van der Waals surface area contributed by atoms with Crippen molar-refractivity contribution in [3.8, 4) is 16.9 Å². The number of ether oxygens (including phenoxy) is 1. The molecule has 0 atom stereocenters. The van der Waals surface area contributed by atoms with Gasteiger partial charge in [-0.3, -0.25) is 9.78 Å². The lowest BCUT2D eigenvalue weighted by Crippen LogP contribution is -2.05. The first kappa shape index (κ1) is 20.0. The van der Waals surface area contributed by atoms with E-state index in [-0.39, 0.29) is 16.9 Å². The Morgan fingerprint density at radius 2 is 1.61 bits per heavy atom. The summed E-state index contributed by atoms with van der Waals surface area (Å²) in [6, 6.07) is 21.2. The minimum Gasteiger partial charge on any atom is -0.496 e. The molecule has 0 aliphatic heterocycles. The molecule has 0 aliphatic carbocycles. The lowest BCUT2D eigenvalue weighted by molar-refractivity contribution is 0.0696. The second-order valence-electron chi connectivity index (χ2n) is 7.02. The third kappa shape index (κ3) is 3.94. The van der Waals surface area contributed by atoms with Crippen molar-refractivity contribution in [1.82, 2.24) is 4.98 Å². The van der Waals surface area contributed by atoms with Crippen molar-refractivity contribution in [3.05, 3.63) is 102 Å². The van der Waals surface area contributed by atoms with Gasteiger partial charge in [0.2, 0.25) is 0 Å². The van der Waals surface area contributed by atoms with E-state index in [0.29, 0.717) is 16.9 Å². The Morgan fingerprint density at radius 1 is 0.903 bits per heavy atom. The van der Waals surface area contributed by atoms with Crippen LogP contribution in [-0.4, -0.2) is 29.0 Å². The molecule has 4 rings (SSSR count). The number of carboxylic acid groups (broad SMARTS) is 1. The van der Waals surface area contributed by atoms with E-state index in [4.69, 9.17) is 9.84 Å². The van der Waals surface area contributed by atoms with Gasteiger partial charge in [-0.1, -0.05) is 43.0 Å². The molecule has 0 aliphatic rings. The third-order valence-electron chi connectivity index (χ3n) is 5.12. The largest absolute Gasteiger partial charge is 0.496 e. The summed E-state index contributed by atoms with van der Waals surface area (Å²) >= 11 is 0. The molecule has 1 N–H and O–H groups in total. The van der Waals surface area contributed by atoms with Crippen LogP contribution >= 0.6 is 0 Å². The number of benzene rings is 3. The van der Waals surface area contributed by atoms with Crippen LogP contribution in [0.1, 0.15) is 26.3 Å². The van der Waals surface area contributed by atoms with E-state index in [1.165, 1.54) is 31.4 Å². The highest BCUT2D eigenvalue weighted by molar-refractivity contribution is 6.29. The van der Waals surface area contributed by atoms with Crippen LogP contribution < -0.4 is 4.74 Å². The highest BCUT2D eigenvalue weighted by Gasteiger charge is 2.18. The van der Waals surface area contributed by atoms with Crippen LogP contribution in [0.3, 0.4) is 0 Å². The maximum atomic E-state index is 13.0. The second-order valence-corrected chi connectivity index (χ2v) is 7.02. The smallest absolute Gasteiger partial charge is 0.335 e. The molecule has 5 heteroatoms. The number of hydrogen-bond acceptors (Lipinski definition) is 4. The van der Waals surface area contributed by atoms with Gasteiger partial charge in [0, 0.05) is 33.8 Å². The first-order valence-corrected chi connectivity index (χ1v) is 9.58. The number of ketones is 1. The molecule has 0 saturated carbocycles. The molecule has 0 radical (unpaired) electrons. The maximum absolute atomic E-state index is 13.0. The molecule has 0 saturated heterocycles. The number of pyridine rings is 1. The fourth-order valence-electron chi connectivity index (χ4n) is 3.41. The first-order valence-electron chi connectivity index (χ1n) is 9.58. The molecule has 0 unspecified atom stereocenters. The van der Waals surface area contributed by atoms with Crippen LogP contribution in [0.5, 0.6) is 5.75 Å². The molecule has 0 amide bonds. The van der Waals surface area contributed by atoms with Crippen molar-refractivity contribution in [2.24, 2.45) is 0 Å². The number of aromatic carboxylic acids is 1. The number of nitrogens with zero attached hydrogens (tertiary/aromatic N) is 1. The molecule has 4 aromatic rings. The molecule has 152 valence electrons. The lowest BCUT2D eigenvalue weighted by Gasteiger charge is -2.13. The van der Waals surface area contributed by atoms with Gasteiger partial charge in [0.05, 0.1) is 18.2 Å². The Bertz CT molecular complexity index is 1320. The van der Waals surface area contributed by atoms with Crippen LogP contribution in [0.15, 0.2) is 85.6 Å². The van der Waals surface area contributed by atoms with E-state index >= 15 is 0 Å². The van der Waals surface area contributed by atoms with Crippen molar-refractivity contribution in [2.45, 2.75) is 0 Å². The van der Waals surface area contributed by atoms with E-state index in [2.05, 4.69) is 11.6 Å². The highest BCUT2D eigenvalue weighted by Crippen LogP contribution is 2.33. The number of hydrogen-bond donors (Lipinski definition) is 1. The zero-order valence-electron chi connectivity index (χ0n) is 16.8. The summed E-state index contributed by atoms with van der Waals surface area (Å²) in [5.74, 6) is -0.821. The summed E-state index contributed by atoms with van der Waals surface area (Å²) in [6.45, 7) is 3.99. The van der Waals surface area contributed by atoms with E-state index < -0.39 is 5.97 Å². The number of fused-ring (bicyclic) bond motifs is 1. The third-order valence-corrected chi connectivity index (χ3v) is 5.12.